The average molecular weight is 273 g/mol. The van der Waals surface area contributed by atoms with Crippen LogP contribution in [0.25, 0.3) is 16.0 Å². The number of para-hydroxylation sites is 1. The topological polar surface area (TPSA) is 57.0 Å². The molecule has 0 atom stereocenters. The molecule has 0 saturated carbocycles. The molecule has 0 aliphatic rings. The third-order valence-electron chi connectivity index (χ3n) is 2.84. The molecule has 0 amide bonds. The number of fused-ring (bicyclic) bond motifs is 1. The fourth-order valence-electron chi connectivity index (χ4n) is 1.93. The molecule has 0 unspecified atom stereocenters. The third-order valence-corrected chi connectivity index (χ3v) is 3.66. The minimum atomic E-state index is -0.435. The van der Waals surface area contributed by atoms with Crippen LogP contribution >= 0.6 is 11.3 Å². The van der Waals surface area contributed by atoms with Gasteiger partial charge in [-0.2, -0.15) is 5.10 Å². The van der Waals surface area contributed by atoms with Gasteiger partial charge in [-0.15, -0.1) is 11.3 Å². The monoisotopic (exact) mass is 273 g/mol. The molecule has 19 heavy (non-hydrogen) atoms. The predicted molar refractivity (Wildman–Crippen MR) is 72.8 cm³/mol. The van der Waals surface area contributed by atoms with Gasteiger partial charge in [-0.05, 0) is 13.0 Å². The van der Waals surface area contributed by atoms with E-state index in [0.29, 0.717) is 10.8 Å². The number of methoxy groups -OCH3 is 1. The summed E-state index contributed by atoms with van der Waals surface area (Å²) in [5.41, 5.74) is 2.22. The van der Waals surface area contributed by atoms with Gasteiger partial charge in [0.05, 0.1) is 18.3 Å². The smallest absolute Gasteiger partial charge is 0.357 e. The standard InChI is InChI=1S/C13H11N3O2S/c1-8-9-5-3-4-6-11(9)16(15-8)13-14-10(7-19-13)12(17)18-2/h3-7H,1-2H3. The van der Waals surface area contributed by atoms with E-state index in [4.69, 9.17) is 0 Å². The van der Waals surface area contributed by atoms with E-state index in [1.807, 2.05) is 31.2 Å². The molecule has 3 aromatic rings. The number of ether oxygens (including phenoxy) is 1. The summed E-state index contributed by atoms with van der Waals surface area (Å²) in [7, 11) is 1.34. The quantitative estimate of drug-likeness (QED) is 0.673. The second-order valence-corrected chi connectivity index (χ2v) is 4.86. The fourth-order valence-corrected chi connectivity index (χ4v) is 2.68. The number of hydrogen-bond donors (Lipinski definition) is 0. The zero-order valence-electron chi connectivity index (χ0n) is 10.5. The van der Waals surface area contributed by atoms with Gasteiger partial charge in [0.2, 0.25) is 5.13 Å². The van der Waals surface area contributed by atoms with Crippen LogP contribution in [0.2, 0.25) is 0 Å². The van der Waals surface area contributed by atoms with Crippen molar-refractivity contribution in [2.45, 2.75) is 6.92 Å². The van der Waals surface area contributed by atoms with Gasteiger partial charge in [0, 0.05) is 10.8 Å². The van der Waals surface area contributed by atoms with E-state index in [0.717, 1.165) is 16.6 Å². The summed E-state index contributed by atoms with van der Waals surface area (Å²) in [6.07, 6.45) is 0. The molecule has 96 valence electrons. The number of nitrogens with zero attached hydrogens (tertiary/aromatic N) is 3. The van der Waals surface area contributed by atoms with Crippen LogP contribution in [0.15, 0.2) is 29.6 Å². The molecule has 0 aliphatic heterocycles. The van der Waals surface area contributed by atoms with Gasteiger partial charge in [-0.25, -0.2) is 14.5 Å². The van der Waals surface area contributed by atoms with Crippen molar-refractivity contribution in [3.63, 3.8) is 0 Å². The van der Waals surface area contributed by atoms with Crippen LogP contribution < -0.4 is 0 Å². The Morgan fingerprint density at radius 2 is 2.16 bits per heavy atom. The van der Waals surface area contributed by atoms with E-state index in [1.165, 1.54) is 18.4 Å². The van der Waals surface area contributed by atoms with Crippen LogP contribution in [0.3, 0.4) is 0 Å². The molecule has 5 nitrogen and oxygen atoms in total. The lowest BCUT2D eigenvalue weighted by Gasteiger charge is -1.97. The summed E-state index contributed by atoms with van der Waals surface area (Å²) in [4.78, 5) is 15.7. The summed E-state index contributed by atoms with van der Waals surface area (Å²) in [5.74, 6) is -0.435. The van der Waals surface area contributed by atoms with E-state index in [2.05, 4.69) is 14.8 Å². The van der Waals surface area contributed by atoms with Crippen LogP contribution in [0.4, 0.5) is 0 Å². The van der Waals surface area contributed by atoms with Gasteiger partial charge >= 0.3 is 5.97 Å². The first-order valence-electron chi connectivity index (χ1n) is 5.69. The second kappa shape index (κ2) is 4.47. The number of rotatable bonds is 2. The zero-order valence-corrected chi connectivity index (χ0v) is 11.3. The van der Waals surface area contributed by atoms with Gasteiger partial charge in [-0.3, -0.25) is 0 Å². The van der Waals surface area contributed by atoms with Crippen molar-refractivity contribution in [3.8, 4) is 5.13 Å². The summed E-state index contributed by atoms with van der Waals surface area (Å²) in [6, 6.07) is 7.93. The van der Waals surface area contributed by atoms with Gasteiger partial charge in [0.25, 0.3) is 0 Å². The van der Waals surface area contributed by atoms with Crippen molar-refractivity contribution in [2.24, 2.45) is 0 Å². The van der Waals surface area contributed by atoms with Gasteiger partial charge in [0.1, 0.15) is 0 Å². The highest BCUT2D eigenvalue weighted by Crippen LogP contribution is 2.23. The van der Waals surface area contributed by atoms with Crippen molar-refractivity contribution in [1.29, 1.82) is 0 Å². The molecular weight excluding hydrogens is 262 g/mol. The van der Waals surface area contributed by atoms with E-state index in [-0.39, 0.29) is 0 Å². The SMILES string of the molecule is COC(=O)c1csc(-n2nc(C)c3ccccc32)n1. The van der Waals surface area contributed by atoms with Crippen LogP contribution in [0, 0.1) is 6.92 Å². The molecule has 2 heterocycles. The predicted octanol–water partition coefficient (Wildman–Crippen LogP) is 2.58. The summed E-state index contributed by atoms with van der Waals surface area (Å²) in [6.45, 7) is 1.95. The molecule has 6 heteroatoms. The molecule has 0 fully saturated rings. The Balaban J connectivity index is 2.14. The van der Waals surface area contributed by atoms with Gasteiger partial charge < -0.3 is 4.74 Å². The van der Waals surface area contributed by atoms with Gasteiger partial charge in [-0.1, -0.05) is 18.2 Å². The number of thiazole rings is 1. The normalized spacial score (nSPS) is 10.8. The molecule has 0 radical (unpaired) electrons. The number of benzene rings is 1. The van der Waals surface area contributed by atoms with Crippen molar-refractivity contribution >= 4 is 28.2 Å². The maximum atomic E-state index is 11.4. The highest BCUT2D eigenvalue weighted by molar-refractivity contribution is 7.12. The first-order valence-corrected chi connectivity index (χ1v) is 6.57. The fraction of sp³-hybridized carbons (Fsp3) is 0.154. The zero-order chi connectivity index (χ0) is 13.4. The molecule has 0 bridgehead atoms. The van der Waals surface area contributed by atoms with Crippen LogP contribution in [-0.2, 0) is 4.74 Å². The first kappa shape index (κ1) is 11.9. The van der Waals surface area contributed by atoms with Crippen LogP contribution in [0.5, 0.6) is 0 Å². The Labute approximate surface area is 113 Å². The third kappa shape index (κ3) is 1.90. The van der Waals surface area contributed by atoms with Crippen LogP contribution in [-0.4, -0.2) is 27.8 Å². The largest absolute Gasteiger partial charge is 0.464 e. The number of aryl methyl sites for hydroxylation is 1. The lowest BCUT2D eigenvalue weighted by Crippen LogP contribution is -2.03. The Bertz CT molecular complexity index is 760. The Hall–Kier alpha value is -2.21. The van der Waals surface area contributed by atoms with Gasteiger partial charge in [0.15, 0.2) is 5.69 Å². The van der Waals surface area contributed by atoms with E-state index in [1.54, 1.807) is 10.1 Å². The Morgan fingerprint density at radius 1 is 1.37 bits per heavy atom. The summed E-state index contributed by atoms with van der Waals surface area (Å²) < 4.78 is 6.41. The van der Waals surface area contributed by atoms with Crippen molar-refractivity contribution in [2.75, 3.05) is 7.11 Å². The maximum Gasteiger partial charge on any atom is 0.357 e. The first-order chi connectivity index (χ1) is 9.20. The number of hydrogen-bond acceptors (Lipinski definition) is 5. The molecule has 2 aromatic heterocycles. The summed E-state index contributed by atoms with van der Waals surface area (Å²) >= 11 is 1.36. The Kier molecular flexibility index (Phi) is 2.79. The number of esters is 1. The summed E-state index contributed by atoms with van der Waals surface area (Å²) in [5, 5.41) is 7.88. The lowest BCUT2D eigenvalue weighted by atomic mass is 10.2. The number of carbonyl (C=O) groups excluding carboxylic acids is 1. The van der Waals surface area contributed by atoms with E-state index < -0.39 is 5.97 Å². The van der Waals surface area contributed by atoms with Crippen molar-refractivity contribution in [3.05, 3.63) is 41.0 Å². The van der Waals surface area contributed by atoms with Crippen molar-refractivity contribution in [1.82, 2.24) is 14.8 Å². The average Bonchev–Trinajstić information content (AvgIpc) is 3.04. The van der Waals surface area contributed by atoms with Crippen LogP contribution in [0.1, 0.15) is 16.2 Å². The molecule has 1 aromatic carbocycles. The molecule has 0 aliphatic carbocycles. The highest BCUT2D eigenvalue weighted by Gasteiger charge is 2.15. The van der Waals surface area contributed by atoms with E-state index in [9.17, 15) is 4.79 Å². The minimum absolute atomic E-state index is 0.305. The second-order valence-electron chi connectivity index (χ2n) is 4.02. The number of carbonyl (C=O) groups is 1. The molecule has 0 spiro atoms. The lowest BCUT2D eigenvalue weighted by molar-refractivity contribution is 0.0595. The highest BCUT2D eigenvalue weighted by atomic mass is 32.1. The Morgan fingerprint density at radius 3 is 2.95 bits per heavy atom. The van der Waals surface area contributed by atoms with Crippen molar-refractivity contribution < 1.29 is 9.53 Å². The maximum absolute atomic E-state index is 11.4. The molecule has 0 N–H and O–H groups in total. The number of aromatic nitrogens is 3. The molecular formula is C13H11N3O2S. The molecule has 3 rings (SSSR count). The van der Waals surface area contributed by atoms with E-state index >= 15 is 0 Å². The molecule has 0 saturated heterocycles. The minimum Gasteiger partial charge on any atom is -0.464 e.